The van der Waals surface area contributed by atoms with Crippen LogP contribution in [-0.2, 0) is 32.6 Å². The summed E-state index contributed by atoms with van der Waals surface area (Å²) in [5, 5.41) is 38.3. The Morgan fingerprint density at radius 2 is 1.86 bits per heavy atom. The summed E-state index contributed by atoms with van der Waals surface area (Å²) in [6.07, 6.45) is 0.384. The number of aliphatic hydroxyl groups excluding tert-OH is 1. The number of ether oxygens (including phenoxy) is 7. The second kappa shape index (κ2) is 13.9. The van der Waals surface area contributed by atoms with Gasteiger partial charge in [0.05, 0.1) is 37.6 Å². The molecule has 7 heterocycles. The fourth-order valence-corrected chi connectivity index (χ4v) is 11.8. The summed E-state index contributed by atoms with van der Waals surface area (Å²) in [7, 11) is 4.92. The van der Waals surface area contributed by atoms with Crippen molar-refractivity contribution >= 4 is 23.9 Å². The highest BCUT2D eigenvalue weighted by molar-refractivity contribution is 7.99. The minimum absolute atomic E-state index is 0.0151. The van der Waals surface area contributed by atoms with Gasteiger partial charge in [0, 0.05) is 40.6 Å². The number of hydrogen-bond acceptors (Lipinski definition) is 16. The highest BCUT2D eigenvalue weighted by Gasteiger charge is 2.61. The first-order valence-corrected chi connectivity index (χ1v) is 19.9. The summed E-state index contributed by atoms with van der Waals surface area (Å²) in [6.45, 7) is 7.32. The van der Waals surface area contributed by atoms with Crippen LogP contribution in [0.5, 0.6) is 40.2 Å². The summed E-state index contributed by atoms with van der Waals surface area (Å²) >= 11 is 1.43. The van der Waals surface area contributed by atoms with Gasteiger partial charge in [0.25, 0.3) is 0 Å². The van der Waals surface area contributed by atoms with E-state index in [1.165, 1.54) is 32.1 Å². The molecule has 3 aromatic carbocycles. The first-order chi connectivity index (χ1) is 27.4. The van der Waals surface area contributed by atoms with Gasteiger partial charge >= 0.3 is 12.1 Å². The van der Waals surface area contributed by atoms with Crippen molar-refractivity contribution in [2.45, 2.75) is 67.9 Å². The number of nitrogens with zero attached hydrogens (tertiary/aromatic N) is 2. The Labute approximate surface area is 333 Å². The maximum Gasteiger partial charge on any atom is 0.514 e. The molecule has 7 aliphatic rings. The number of phenolic OH excluding ortho intramolecular Hbond substituents is 2. The van der Waals surface area contributed by atoms with Gasteiger partial charge in [-0.05, 0) is 68.1 Å². The summed E-state index contributed by atoms with van der Waals surface area (Å²) in [5.74, 6) is 1.10. The predicted octanol–water partition coefficient (Wildman–Crippen LogP) is 4.19. The Hall–Kier alpha value is -4.87. The van der Waals surface area contributed by atoms with E-state index in [0.29, 0.717) is 64.5 Å². The second-order valence-electron chi connectivity index (χ2n) is 15.3. The zero-order chi connectivity index (χ0) is 40.1. The molecule has 1 unspecified atom stereocenters. The number of aryl methyl sites for hydroxylation is 1. The number of nitrogens with one attached hydrogen (secondary N) is 1. The Balaban J connectivity index is 1.31. The zero-order valence-corrected chi connectivity index (χ0v) is 33.1. The van der Waals surface area contributed by atoms with Gasteiger partial charge < -0.3 is 48.5 Å². The minimum atomic E-state index is -1.40. The maximum absolute atomic E-state index is 14.8. The highest BCUT2D eigenvalue weighted by atomic mass is 32.2. The van der Waals surface area contributed by atoms with Gasteiger partial charge in [-0.15, -0.1) is 11.8 Å². The number of benzene rings is 3. The fourth-order valence-electron chi connectivity index (χ4n) is 10.1. The molecule has 15 nitrogen and oxygen atoms in total. The molecular weight excluding hydrogens is 759 g/mol. The third kappa shape index (κ3) is 5.40. The summed E-state index contributed by atoms with van der Waals surface area (Å²) in [4.78, 5) is 32.2. The lowest BCUT2D eigenvalue weighted by Crippen LogP contribution is -2.70. The normalized spacial score (nSPS) is 28.4. The number of rotatable bonds is 5. The number of methoxy groups -OCH3 is 2. The van der Waals surface area contributed by atoms with E-state index in [1.54, 1.807) is 19.1 Å². The molecule has 0 aliphatic carbocycles. The average molecular weight is 804 g/mol. The Morgan fingerprint density at radius 1 is 1.07 bits per heavy atom. The molecule has 302 valence electrons. The largest absolute Gasteiger partial charge is 0.514 e. The van der Waals surface area contributed by atoms with Gasteiger partial charge in [0.1, 0.15) is 25.2 Å². The van der Waals surface area contributed by atoms with E-state index < -0.39 is 53.3 Å². The molecule has 7 aliphatic heterocycles. The molecule has 0 amide bonds. The molecule has 2 fully saturated rings. The molecule has 4 bridgehead atoms. The van der Waals surface area contributed by atoms with Crippen molar-refractivity contribution < 1.29 is 58.1 Å². The van der Waals surface area contributed by atoms with Crippen LogP contribution < -0.4 is 29.0 Å². The fraction of sp³-hybridized carbons (Fsp3) is 0.463. The first kappa shape index (κ1) is 37.7. The number of aromatic hydroxyl groups is 2. The monoisotopic (exact) mass is 803 g/mol. The molecule has 57 heavy (non-hydrogen) atoms. The van der Waals surface area contributed by atoms with E-state index in [0.717, 1.165) is 16.7 Å². The van der Waals surface area contributed by atoms with E-state index in [4.69, 9.17) is 33.2 Å². The van der Waals surface area contributed by atoms with Crippen LogP contribution in [0.15, 0.2) is 30.9 Å². The van der Waals surface area contributed by atoms with Gasteiger partial charge in [-0.2, -0.15) is 0 Å². The van der Waals surface area contributed by atoms with E-state index in [2.05, 4.69) is 16.8 Å². The van der Waals surface area contributed by atoms with Crippen LogP contribution in [0.25, 0.3) is 0 Å². The van der Waals surface area contributed by atoms with Crippen LogP contribution in [0.2, 0.25) is 0 Å². The summed E-state index contributed by atoms with van der Waals surface area (Å²) in [6, 6.07) is 2.90. The molecule has 2 saturated heterocycles. The number of hydrogen-bond donors (Lipinski definition) is 4. The second-order valence-corrected chi connectivity index (χ2v) is 16.4. The Bertz CT molecular complexity index is 2220. The number of carbonyl (C=O) groups excluding carboxylic acids is 2. The third-order valence-electron chi connectivity index (χ3n) is 12.5. The minimum Gasteiger partial charge on any atom is -0.504 e. The van der Waals surface area contributed by atoms with Crippen molar-refractivity contribution in [1.82, 2.24) is 15.1 Å². The molecule has 0 radical (unpaired) electrons. The van der Waals surface area contributed by atoms with Crippen molar-refractivity contribution in [2.75, 3.05) is 53.6 Å². The number of carbonyl (C=O) groups is 2. The van der Waals surface area contributed by atoms with Crippen molar-refractivity contribution in [3.05, 3.63) is 75.4 Å². The molecule has 4 N–H and O–H groups in total. The molecule has 16 heteroatoms. The topological polar surface area (TPSA) is 178 Å². The smallest absolute Gasteiger partial charge is 0.504 e. The average Bonchev–Trinajstić information content (AvgIpc) is 3.69. The Morgan fingerprint density at radius 3 is 2.61 bits per heavy atom. The SMILES string of the molecule is C=CCOC(=O)Oc1c(C)c2c(c3c1[C@H]1SC[C@]4(NCCc5cc(O)c(OC)cc54)C(=O)OC[C@@H]3N3C1[C@@H]1c4c(cc(C)c(OC)c4O)C[C@H]([C@@H]3O)N1C)OCO2. The summed E-state index contributed by atoms with van der Waals surface area (Å²) in [5.41, 5.74) is 3.98. The van der Waals surface area contributed by atoms with Gasteiger partial charge in [0.2, 0.25) is 6.79 Å². The van der Waals surface area contributed by atoms with E-state index in [9.17, 15) is 24.9 Å². The van der Waals surface area contributed by atoms with Crippen molar-refractivity contribution in [3.63, 3.8) is 0 Å². The van der Waals surface area contributed by atoms with Crippen molar-refractivity contribution in [3.8, 4) is 40.2 Å². The predicted molar refractivity (Wildman–Crippen MR) is 205 cm³/mol. The van der Waals surface area contributed by atoms with Crippen LogP contribution in [0, 0.1) is 13.8 Å². The number of esters is 1. The number of thioether (sulfide) groups is 1. The lowest BCUT2D eigenvalue weighted by molar-refractivity contribution is -0.186. The molecular formula is C41H45N3O12S. The summed E-state index contributed by atoms with van der Waals surface area (Å²) < 4.78 is 41.4. The van der Waals surface area contributed by atoms with Crippen LogP contribution in [-0.4, -0.2) is 109 Å². The van der Waals surface area contributed by atoms with Gasteiger partial charge in [-0.3, -0.25) is 15.1 Å². The van der Waals surface area contributed by atoms with Crippen molar-refractivity contribution in [1.29, 1.82) is 0 Å². The molecule has 0 saturated carbocycles. The number of likely N-dealkylation sites (N-methyl/N-ethyl adjacent to an activating group) is 1. The van der Waals surface area contributed by atoms with Gasteiger partial charge in [-0.1, -0.05) is 18.7 Å². The Kier molecular flexibility index (Phi) is 9.19. The maximum atomic E-state index is 14.8. The molecule has 10 rings (SSSR count). The highest BCUT2D eigenvalue weighted by Crippen LogP contribution is 2.64. The lowest BCUT2D eigenvalue weighted by atomic mass is 9.73. The van der Waals surface area contributed by atoms with Gasteiger partial charge in [-0.25, -0.2) is 9.59 Å². The lowest BCUT2D eigenvalue weighted by Gasteiger charge is -2.62. The zero-order valence-electron chi connectivity index (χ0n) is 32.2. The van der Waals surface area contributed by atoms with Crippen LogP contribution >= 0.6 is 11.8 Å². The van der Waals surface area contributed by atoms with Crippen molar-refractivity contribution in [2.24, 2.45) is 0 Å². The van der Waals surface area contributed by atoms with E-state index >= 15 is 0 Å². The van der Waals surface area contributed by atoms with E-state index in [1.807, 2.05) is 24.9 Å². The van der Waals surface area contributed by atoms with Crippen LogP contribution in [0.1, 0.15) is 61.8 Å². The van der Waals surface area contributed by atoms with Gasteiger partial charge in [0.15, 0.2) is 40.0 Å². The third-order valence-corrected chi connectivity index (χ3v) is 14.0. The molecule has 3 aromatic rings. The number of fused-ring (bicyclic) bond motifs is 9. The molecule has 7 atom stereocenters. The quantitative estimate of drug-likeness (QED) is 0.164. The standard InChI is InChI=1S/C41H45N3O12S/c1-7-10-52-40(49)56-34-19(3)35-36(55-17-54-35)28-24-15-53-39(48)41(22-14-26(50-5)25(45)13-20(22)8-9-42-41)16-57-37(29(28)34)31-30-27-21(11-18(2)33(51-6)32(27)46)12-23(43(30)4)38(47)44(24)31/h7,11,13-14,23-24,30-31,37-38,42,45-47H,1,8-10,12,15-17H2,2-6H3/t23-,24+,30+,31?,37-,38+,41-/m1/s1. The van der Waals surface area contributed by atoms with Crippen LogP contribution in [0.4, 0.5) is 4.79 Å². The molecule has 0 aromatic heterocycles. The van der Waals surface area contributed by atoms with Crippen LogP contribution in [0.3, 0.4) is 0 Å². The molecule has 1 spiro atoms. The number of aliphatic hydroxyl groups is 1. The number of piperazine rings is 1. The van der Waals surface area contributed by atoms with E-state index in [-0.39, 0.29) is 48.8 Å². The number of phenols is 2. The first-order valence-electron chi connectivity index (χ1n) is 18.9.